The summed E-state index contributed by atoms with van der Waals surface area (Å²) in [6, 6.07) is 0. The Kier molecular flexibility index (Phi) is 9.13. The number of nitrogens with one attached hydrogen (secondary N) is 1. The van der Waals surface area contributed by atoms with Crippen LogP contribution in [0, 0.1) is 0 Å². The molecular weight excluding hydrogens is 246 g/mol. The zero-order chi connectivity index (χ0) is 13.8. The van der Waals surface area contributed by atoms with E-state index < -0.39 is 0 Å². The first kappa shape index (κ1) is 16.0. The quantitative estimate of drug-likeness (QED) is 0.562. The van der Waals surface area contributed by atoms with Crippen molar-refractivity contribution in [3.8, 4) is 0 Å². The summed E-state index contributed by atoms with van der Waals surface area (Å²) in [5.74, 6) is 0.852. The van der Waals surface area contributed by atoms with Gasteiger partial charge in [0.1, 0.15) is 0 Å². The number of unbranched alkanes of at least 4 members (excludes halogenated alkanes) is 1. The molecule has 0 amide bonds. The van der Waals surface area contributed by atoms with Gasteiger partial charge in [0.15, 0.2) is 5.82 Å². The van der Waals surface area contributed by atoms with Crippen molar-refractivity contribution in [3.63, 3.8) is 0 Å². The Bertz CT molecular complexity index is 319. The van der Waals surface area contributed by atoms with Crippen LogP contribution in [0.2, 0.25) is 0 Å². The third-order valence-electron chi connectivity index (χ3n) is 2.67. The summed E-state index contributed by atoms with van der Waals surface area (Å²) in [5, 5.41) is 14.9. The number of tetrazole rings is 1. The Morgan fingerprint density at radius 2 is 2.05 bits per heavy atom. The lowest BCUT2D eigenvalue weighted by Crippen LogP contribution is -2.21. The lowest BCUT2D eigenvalue weighted by molar-refractivity contribution is 0.125. The third-order valence-corrected chi connectivity index (χ3v) is 2.67. The van der Waals surface area contributed by atoms with E-state index in [9.17, 15) is 0 Å². The van der Waals surface area contributed by atoms with Crippen LogP contribution in [0.3, 0.4) is 0 Å². The summed E-state index contributed by atoms with van der Waals surface area (Å²) in [4.78, 5) is 0. The minimum atomic E-state index is 0.660. The SMILES string of the molecule is CCCCOCCCn1nnnc1CNCCOC. The fourth-order valence-corrected chi connectivity index (χ4v) is 1.56. The monoisotopic (exact) mass is 271 g/mol. The van der Waals surface area contributed by atoms with Gasteiger partial charge in [-0.05, 0) is 23.3 Å². The molecule has 110 valence electrons. The van der Waals surface area contributed by atoms with Gasteiger partial charge in [-0.25, -0.2) is 4.68 Å². The molecule has 1 aromatic rings. The van der Waals surface area contributed by atoms with Gasteiger partial charge >= 0.3 is 0 Å². The first-order chi connectivity index (χ1) is 9.38. The fraction of sp³-hybridized carbons (Fsp3) is 0.917. The summed E-state index contributed by atoms with van der Waals surface area (Å²) in [6.45, 7) is 6.70. The van der Waals surface area contributed by atoms with E-state index >= 15 is 0 Å². The van der Waals surface area contributed by atoms with Crippen molar-refractivity contribution in [2.75, 3.05) is 33.5 Å². The molecule has 0 aromatic carbocycles. The topological polar surface area (TPSA) is 74.1 Å². The van der Waals surface area contributed by atoms with E-state index in [0.717, 1.165) is 45.0 Å². The number of aryl methyl sites for hydroxylation is 1. The molecule has 1 N–H and O–H groups in total. The number of ether oxygens (including phenoxy) is 2. The minimum absolute atomic E-state index is 0.660. The molecule has 0 aliphatic carbocycles. The van der Waals surface area contributed by atoms with Gasteiger partial charge in [0.05, 0.1) is 13.2 Å². The van der Waals surface area contributed by atoms with Gasteiger partial charge < -0.3 is 14.8 Å². The Hall–Kier alpha value is -1.05. The molecule has 1 rings (SSSR count). The van der Waals surface area contributed by atoms with Crippen LogP contribution in [0.15, 0.2) is 0 Å². The van der Waals surface area contributed by atoms with Crippen LogP contribution in [0.25, 0.3) is 0 Å². The second-order valence-electron chi connectivity index (χ2n) is 4.31. The summed E-state index contributed by atoms with van der Waals surface area (Å²) in [7, 11) is 1.68. The highest BCUT2D eigenvalue weighted by Gasteiger charge is 2.04. The Balaban J connectivity index is 2.13. The number of aromatic nitrogens is 4. The highest BCUT2D eigenvalue weighted by atomic mass is 16.5. The zero-order valence-corrected chi connectivity index (χ0v) is 12.0. The molecule has 1 aromatic heterocycles. The number of rotatable bonds is 12. The maximum absolute atomic E-state index is 5.51. The predicted octanol–water partition coefficient (Wildman–Crippen LogP) is 0.616. The van der Waals surface area contributed by atoms with E-state index in [1.807, 2.05) is 4.68 Å². The van der Waals surface area contributed by atoms with Crippen molar-refractivity contribution in [3.05, 3.63) is 5.82 Å². The molecule has 7 heteroatoms. The summed E-state index contributed by atoms with van der Waals surface area (Å²) in [6.07, 6.45) is 3.23. The largest absolute Gasteiger partial charge is 0.383 e. The lowest BCUT2D eigenvalue weighted by Gasteiger charge is -2.06. The average Bonchev–Trinajstić information content (AvgIpc) is 2.86. The average molecular weight is 271 g/mol. The molecule has 19 heavy (non-hydrogen) atoms. The Labute approximate surface area is 114 Å². The molecule has 0 radical (unpaired) electrons. The van der Waals surface area contributed by atoms with Crippen LogP contribution in [-0.4, -0.2) is 53.7 Å². The molecule has 1 heterocycles. The van der Waals surface area contributed by atoms with E-state index in [4.69, 9.17) is 9.47 Å². The standard InChI is InChI=1S/C12H25N5O2/c1-3-4-8-19-9-5-7-17-12(14-15-16-17)11-13-6-10-18-2/h13H,3-11H2,1-2H3. The molecule has 0 spiro atoms. The van der Waals surface area contributed by atoms with Crippen molar-refractivity contribution < 1.29 is 9.47 Å². The van der Waals surface area contributed by atoms with Crippen LogP contribution < -0.4 is 5.32 Å². The van der Waals surface area contributed by atoms with Gasteiger partial charge in [0.2, 0.25) is 0 Å². The normalized spacial score (nSPS) is 11.1. The second kappa shape index (κ2) is 10.8. The Morgan fingerprint density at radius 1 is 1.21 bits per heavy atom. The van der Waals surface area contributed by atoms with E-state index in [1.165, 1.54) is 6.42 Å². The summed E-state index contributed by atoms with van der Waals surface area (Å²) in [5.41, 5.74) is 0. The van der Waals surface area contributed by atoms with E-state index in [0.29, 0.717) is 13.2 Å². The van der Waals surface area contributed by atoms with Crippen molar-refractivity contribution in [2.24, 2.45) is 0 Å². The summed E-state index contributed by atoms with van der Waals surface area (Å²) >= 11 is 0. The van der Waals surface area contributed by atoms with Crippen molar-refractivity contribution >= 4 is 0 Å². The van der Waals surface area contributed by atoms with Crippen LogP contribution in [0.4, 0.5) is 0 Å². The predicted molar refractivity (Wildman–Crippen MR) is 71.7 cm³/mol. The highest BCUT2D eigenvalue weighted by molar-refractivity contribution is 4.79. The molecule has 7 nitrogen and oxygen atoms in total. The van der Waals surface area contributed by atoms with Gasteiger partial charge in [-0.1, -0.05) is 13.3 Å². The maximum atomic E-state index is 5.51. The molecule has 0 unspecified atom stereocenters. The molecular formula is C12H25N5O2. The van der Waals surface area contributed by atoms with E-state index in [2.05, 4.69) is 27.8 Å². The number of nitrogens with zero attached hydrogens (tertiary/aromatic N) is 4. The maximum Gasteiger partial charge on any atom is 0.165 e. The van der Waals surface area contributed by atoms with Crippen LogP contribution >= 0.6 is 0 Å². The second-order valence-corrected chi connectivity index (χ2v) is 4.31. The molecule has 0 saturated heterocycles. The van der Waals surface area contributed by atoms with Gasteiger partial charge in [0.25, 0.3) is 0 Å². The van der Waals surface area contributed by atoms with Crippen LogP contribution in [0.5, 0.6) is 0 Å². The van der Waals surface area contributed by atoms with Crippen molar-refractivity contribution in [2.45, 2.75) is 39.3 Å². The molecule has 0 aliphatic rings. The van der Waals surface area contributed by atoms with Crippen molar-refractivity contribution in [1.82, 2.24) is 25.5 Å². The number of hydrogen-bond acceptors (Lipinski definition) is 6. The highest BCUT2D eigenvalue weighted by Crippen LogP contribution is 1.96. The third kappa shape index (κ3) is 7.19. The first-order valence-corrected chi connectivity index (χ1v) is 6.91. The fourth-order valence-electron chi connectivity index (χ4n) is 1.56. The first-order valence-electron chi connectivity index (χ1n) is 6.91. The molecule has 0 atom stereocenters. The number of methoxy groups -OCH3 is 1. The van der Waals surface area contributed by atoms with Crippen LogP contribution in [0.1, 0.15) is 32.0 Å². The smallest absolute Gasteiger partial charge is 0.165 e. The van der Waals surface area contributed by atoms with Gasteiger partial charge in [0, 0.05) is 33.4 Å². The van der Waals surface area contributed by atoms with Crippen molar-refractivity contribution in [1.29, 1.82) is 0 Å². The molecule has 0 saturated carbocycles. The summed E-state index contributed by atoms with van der Waals surface area (Å²) < 4.78 is 12.3. The van der Waals surface area contributed by atoms with Crippen LogP contribution in [-0.2, 0) is 22.6 Å². The van der Waals surface area contributed by atoms with E-state index in [1.54, 1.807) is 7.11 Å². The zero-order valence-electron chi connectivity index (χ0n) is 12.0. The lowest BCUT2D eigenvalue weighted by atomic mass is 10.3. The number of hydrogen-bond donors (Lipinski definition) is 1. The van der Waals surface area contributed by atoms with E-state index in [-0.39, 0.29) is 0 Å². The minimum Gasteiger partial charge on any atom is -0.383 e. The van der Waals surface area contributed by atoms with Gasteiger partial charge in [-0.3, -0.25) is 0 Å². The molecule has 0 aliphatic heterocycles. The van der Waals surface area contributed by atoms with Gasteiger partial charge in [-0.2, -0.15) is 0 Å². The van der Waals surface area contributed by atoms with Gasteiger partial charge in [-0.15, -0.1) is 5.10 Å². The Morgan fingerprint density at radius 3 is 2.84 bits per heavy atom. The molecule has 0 fully saturated rings. The molecule has 0 bridgehead atoms.